The average Bonchev–Trinajstić information content (AvgIpc) is 3.29. The molecule has 31 heavy (non-hydrogen) atoms. The summed E-state index contributed by atoms with van der Waals surface area (Å²) >= 11 is 6.16. The smallest absolute Gasteiger partial charge is 0.339 e. The van der Waals surface area contributed by atoms with Crippen LogP contribution in [0, 0.1) is 6.92 Å². The lowest BCUT2D eigenvalue weighted by molar-refractivity contribution is -0.124. The fourth-order valence-corrected chi connectivity index (χ4v) is 3.96. The highest BCUT2D eigenvalue weighted by Crippen LogP contribution is 2.31. The Labute approximate surface area is 185 Å². The SMILES string of the molecule is Cc1c(-c2cccc(Cl)c2)nc2ccccc2c1C(=O)OCC(=O)NCC1CCCO1. The van der Waals surface area contributed by atoms with Gasteiger partial charge in [-0.2, -0.15) is 0 Å². The molecule has 1 atom stereocenters. The number of hydrogen-bond donors (Lipinski definition) is 1. The monoisotopic (exact) mass is 438 g/mol. The molecule has 6 nitrogen and oxygen atoms in total. The number of fused-ring (bicyclic) bond motifs is 1. The number of benzene rings is 2. The van der Waals surface area contributed by atoms with Crippen molar-refractivity contribution in [1.29, 1.82) is 0 Å². The second kappa shape index (κ2) is 9.45. The maximum Gasteiger partial charge on any atom is 0.339 e. The van der Waals surface area contributed by atoms with Crippen LogP contribution in [0.15, 0.2) is 48.5 Å². The van der Waals surface area contributed by atoms with E-state index >= 15 is 0 Å². The summed E-state index contributed by atoms with van der Waals surface area (Å²) in [5, 5.41) is 4.02. The van der Waals surface area contributed by atoms with Gasteiger partial charge in [-0.15, -0.1) is 0 Å². The number of esters is 1. The van der Waals surface area contributed by atoms with Gasteiger partial charge in [-0.3, -0.25) is 4.79 Å². The van der Waals surface area contributed by atoms with Crippen LogP contribution in [0.5, 0.6) is 0 Å². The van der Waals surface area contributed by atoms with Crippen LogP contribution in [-0.2, 0) is 14.3 Å². The van der Waals surface area contributed by atoms with E-state index in [9.17, 15) is 9.59 Å². The molecule has 1 N–H and O–H groups in total. The van der Waals surface area contributed by atoms with Gasteiger partial charge >= 0.3 is 5.97 Å². The predicted octanol–water partition coefficient (Wildman–Crippen LogP) is 4.32. The molecule has 0 spiro atoms. The number of rotatable bonds is 6. The van der Waals surface area contributed by atoms with E-state index in [2.05, 4.69) is 5.32 Å². The molecule has 160 valence electrons. The van der Waals surface area contributed by atoms with E-state index in [0.717, 1.165) is 25.0 Å². The lowest BCUT2D eigenvalue weighted by Crippen LogP contribution is -2.34. The fourth-order valence-electron chi connectivity index (χ4n) is 3.77. The van der Waals surface area contributed by atoms with Crippen LogP contribution in [0.4, 0.5) is 0 Å². The molecular weight excluding hydrogens is 416 g/mol. The second-order valence-electron chi connectivity index (χ2n) is 7.50. The zero-order valence-corrected chi connectivity index (χ0v) is 17.9. The summed E-state index contributed by atoms with van der Waals surface area (Å²) in [6.45, 7) is 2.61. The first kappa shape index (κ1) is 21.3. The van der Waals surface area contributed by atoms with Gasteiger partial charge in [0.25, 0.3) is 5.91 Å². The van der Waals surface area contributed by atoms with Crippen molar-refractivity contribution < 1.29 is 19.1 Å². The van der Waals surface area contributed by atoms with Crippen LogP contribution in [0.1, 0.15) is 28.8 Å². The van der Waals surface area contributed by atoms with E-state index in [1.165, 1.54) is 0 Å². The van der Waals surface area contributed by atoms with Gasteiger partial charge in [-0.25, -0.2) is 9.78 Å². The van der Waals surface area contributed by atoms with Crippen molar-refractivity contribution in [2.75, 3.05) is 19.8 Å². The molecule has 0 saturated carbocycles. The molecule has 4 rings (SSSR count). The summed E-state index contributed by atoms with van der Waals surface area (Å²) < 4.78 is 10.8. The van der Waals surface area contributed by atoms with E-state index in [1.54, 1.807) is 12.1 Å². The molecule has 1 fully saturated rings. The Morgan fingerprint density at radius 2 is 2.06 bits per heavy atom. The van der Waals surface area contributed by atoms with Gasteiger partial charge in [-0.1, -0.05) is 41.9 Å². The molecule has 1 aromatic heterocycles. The summed E-state index contributed by atoms with van der Waals surface area (Å²) in [6.07, 6.45) is 1.96. The lowest BCUT2D eigenvalue weighted by atomic mass is 9.98. The van der Waals surface area contributed by atoms with Gasteiger partial charge in [0.2, 0.25) is 0 Å². The number of ether oxygens (including phenoxy) is 2. The Hall–Kier alpha value is -2.96. The van der Waals surface area contributed by atoms with Crippen LogP contribution in [0.25, 0.3) is 22.2 Å². The Bertz CT molecular complexity index is 1130. The first-order valence-corrected chi connectivity index (χ1v) is 10.6. The van der Waals surface area contributed by atoms with Gasteiger partial charge in [0, 0.05) is 29.1 Å². The topological polar surface area (TPSA) is 77.5 Å². The number of nitrogens with zero attached hydrogens (tertiary/aromatic N) is 1. The quantitative estimate of drug-likeness (QED) is 0.580. The number of carbonyl (C=O) groups is 2. The highest BCUT2D eigenvalue weighted by atomic mass is 35.5. The molecule has 3 aromatic rings. The normalized spacial score (nSPS) is 15.7. The summed E-state index contributed by atoms with van der Waals surface area (Å²) in [5.41, 5.74) is 3.19. The van der Waals surface area contributed by atoms with Crippen LogP contribution in [0.3, 0.4) is 0 Å². The molecule has 7 heteroatoms. The summed E-state index contributed by atoms with van der Waals surface area (Å²) in [6, 6.07) is 14.7. The minimum atomic E-state index is -0.563. The van der Waals surface area contributed by atoms with Crippen LogP contribution in [-0.4, -0.2) is 42.7 Å². The van der Waals surface area contributed by atoms with Crippen molar-refractivity contribution >= 4 is 34.4 Å². The van der Waals surface area contributed by atoms with Gasteiger partial charge in [0.15, 0.2) is 6.61 Å². The maximum absolute atomic E-state index is 13.0. The first-order valence-electron chi connectivity index (χ1n) is 10.2. The standard InChI is InChI=1S/C24H23ClN2O4/c1-15-22(24(29)31-14-21(28)26-13-18-8-5-11-30-18)19-9-2-3-10-20(19)27-23(15)16-6-4-7-17(25)12-16/h2-4,6-7,9-10,12,18H,5,8,11,13-14H2,1H3,(H,26,28). The molecule has 0 aliphatic carbocycles. The number of carbonyl (C=O) groups excluding carboxylic acids is 2. The maximum atomic E-state index is 13.0. The molecule has 0 bridgehead atoms. The third-order valence-electron chi connectivity index (χ3n) is 5.32. The van der Waals surface area contributed by atoms with E-state index < -0.39 is 5.97 Å². The molecular formula is C24H23ClN2O4. The molecule has 1 aliphatic heterocycles. The van der Waals surface area contributed by atoms with Crippen molar-refractivity contribution in [1.82, 2.24) is 10.3 Å². The van der Waals surface area contributed by atoms with Crippen LogP contribution in [0.2, 0.25) is 5.02 Å². The number of para-hydroxylation sites is 1. The second-order valence-corrected chi connectivity index (χ2v) is 7.94. The Morgan fingerprint density at radius 1 is 1.23 bits per heavy atom. The van der Waals surface area contributed by atoms with Crippen LogP contribution >= 0.6 is 11.6 Å². The molecule has 1 saturated heterocycles. The first-order chi connectivity index (χ1) is 15.0. The van der Waals surface area contributed by atoms with Crippen molar-refractivity contribution in [3.8, 4) is 11.3 Å². The highest BCUT2D eigenvalue weighted by Gasteiger charge is 2.21. The molecule has 1 unspecified atom stereocenters. The van der Waals surface area contributed by atoms with Crippen molar-refractivity contribution in [2.45, 2.75) is 25.9 Å². The Morgan fingerprint density at radius 3 is 2.84 bits per heavy atom. The molecule has 1 aliphatic rings. The largest absolute Gasteiger partial charge is 0.452 e. The van der Waals surface area contributed by atoms with E-state index in [4.69, 9.17) is 26.1 Å². The van der Waals surface area contributed by atoms with Crippen molar-refractivity contribution in [3.63, 3.8) is 0 Å². The van der Waals surface area contributed by atoms with E-state index in [0.29, 0.717) is 39.3 Å². The van der Waals surface area contributed by atoms with Gasteiger partial charge in [-0.05, 0) is 43.5 Å². The molecule has 0 radical (unpaired) electrons. The third-order valence-corrected chi connectivity index (χ3v) is 5.56. The van der Waals surface area contributed by atoms with Crippen LogP contribution < -0.4 is 5.32 Å². The van der Waals surface area contributed by atoms with Gasteiger partial charge in [0.05, 0.1) is 22.9 Å². The fraction of sp³-hybridized carbons (Fsp3) is 0.292. The van der Waals surface area contributed by atoms with E-state index in [1.807, 2.05) is 43.3 Å². The summed E-state index contributed by atoms with van der Waals surface area (Å²) in [4.78, 5) is 29.9. The summed E-state index contributed by atoms with van der Waals surface area (Å²) in [5.74, 6) is -0.915. The predicted molar refractivity (Wildman–Crippen MR) is 119 cm³/mol. The van der Waals surface area contributed by atoms with Gasteiger partial charge < -0.3 is 14.8 Å². The van der Waals surface area contributed by atoms with Crippen molar-refractivity contribution in [2.24, 2.45) is 0 Å². The van der Waals surface area contributed by atoms with E-state index in [-0.39, 0.29) is 18.6 Å². The molecule has 2 heterocycles. The molecule has 1 amide bonds. The summed E-state index contributed by atoms with van der Waals surface area (Å²) in [7, 11) is 0. The Balaban J connectivity index is 1.57. The number of aromatic nitrogens is 1. The minimum absolute atomic E-state index is 0.0336. The number of halogens is 1. The number of nitrogens with one attached hydrogen (secondary N) is 1. The minimum Gasteiger partial charge on any atom is -0.452 e. The lowest BCUT2D eigenvalue weighted by Gasteiger charge is -2.15. The zero-order valence-electron chi connectivity index (χ0n) is 17.2. The van der Waals surface area contributed by atoms with Gasteiger partial charge in [0.1, 0.15) is 0 Å². The Kier molecular flexibility index (Phi) is 6.49. The molecule has 2 aromatic carbocycles. The zero-order chi connectivity index (χ0) is 21.8. The number of amides is 1. The van der Waals surface area contributed by atoms with Crippen molar-refractivity contribution in [3.05, 3.63) is 64.7 Å². The highest BCUT2D eigenvalue weighted by molar-refractivity contribution is 6.30. The third kappa shape index (κ3) is 4.86. The number of pyridine rings is 1. The number of hydrogen-bond acceptors (Lipinski definition) is 5. The average molecular weight is 439 g/mol.